The first-order chi connectivity index (χ1) is 8.36. The van der Waals surface area contributed by atoms with E-state index in [1.54, 1.807) is 18.0 Å². The van der Waals surface area contributed by atoms with Gasteiger partial charge in [0.15, 0.2) is 6.10 Å². The minimum absolute atomic E-state index is 0.0244. The highest BCUT2D eigenvalue weighted by atomic mass is 32.2. The van der Waals surface area contributed by atoms with E-state index in [0.29, 0.717) is 5.69 Å². The molecule has 0 fully saturated rings. The van der Waals surface area contributed by atoms with Crippen molar-refractivity contribution in [2.75, 3.05) is 5.75 Å². The fraction of sp³-hybridized carbons (Fsp3) is 0.250. The van der Waals surface area contributed by atoms with E-state index in [2.05, 4.69) is 16.0 Å². The number of rotatable bonds is 2. The summed E-state index contributed by atoms with van der Waals surface area (Å²) in [6.45, 7) is -0.0244. The standard InChI is InChI=1S/C12H12N2O2S/c15-6-8-5-13-12(14-8)10-7-17-11-4-2-1-3-9(11)16-10/h1-5,10,15H,6-7H2,(H,13,14). The number of ether oxygens (including phenoxy) is 1. The number of thioether (sulfide) groups is 1. The van der Waals surface area contributed by atoms with E-state index < -0.39 is 0 Å². The number of hydrogen-bond donors (Lipinski definition) is 2. The van der Waals surface area contributed by atoms with Gasteiger partial charge in [-0.1, -0.05) is 12.1 Å². The normalized spacial score (nSPS) is 18.5. The van der Waals surface area contributed by atoms with Crippen LogP contribution < -0.4 is 4.74 Å². The molecule has 1 aromatic heterocycles. The van der Waals surface area contributed by atoms with Gasteiger partial charge in [0, 0.05) is 10.6 Å². The average Bonchev–Trinajstić information content (AvgIpc) is 2.87. The number of nitrogens with one attached hydrogen (secondary N) is 1. The number of aromatic amines is 1. The number of fused-ring (bicyclic) bond motifs is 1. The molecule has 0 bridgehead atoms. The largest absolute Gasteiger partial charge is 0.480 e. The Labute approximate surface area is 103 Å². The molecule has 1 unspecified atom stereocenters. The van der Waals surface area contributed by atoms with Gasteiger partial charge in [-0.15, -0.1) is 11.8 Å². The van der Waals surface area contributed by atoms with Crippen LogP contribution >= 0.6 is 11.8 Å². The van der Waals surface area contributed by atoms with E-state index in [4.69, 9.17) is 9.84 Å². The van der Waals surface area contributed by atoms with E-state index in [1.807, 2.05) is 18.2 Å². The molecule has 17 heavy (non-hydrogen) atoms. The molecular weight excluding hydrogens is 236 g/mol. The zero-order chi connectivity index (χ0) is 11.7. The van der Waals surface area contributed by atoms with E-state index >= 15 is 0 Å². The topological polar surface area (TPSA) is 58.1 Å². The van der Waals surface area contributed by atoms with Gasteiger partial charge in [-0.2, -0.15) is 0 Å². The van der Waals surface area contributed by atoms with Crippen LogP contribution in [-0.2, 0) is 6.61 Å². The first kappa shape index (κ1) is 10.7. The number of para-hydroxylation sites is 1. The Bertz CT molecular complexity index is 527. The predicted octanol–water partition coefficient (Wildman–Crippen LogP) is 2.13. The van der Waals surface area contributed by atoms with Crippen molar-refractivity contribution in [1.82, 2.24) is 9.97 Å². The summed E-state index contributed by atoms with van der Waals surface area (Å²) in [5, 5.41) is 8.99. The maximum atomic E-state index is 8.99. The molecule has 1 aliphatic heterocycles. The summed E-state index contributed by atoms with van der Waals surface area (Å²) >= 11 is 1.76. The Morgan fingerprint density at radius 3 is 3.18 bits per heavy atom. The van der Waals surface area contributed by atoms with Crippen LogP contribution in [0.15, 0.2) is 35.4 Å². The van der Waals surface area contributed by atoms with Crippen molar-refractivity contribution in [3.05, 3.63) is 42.0 Å². The molecule has 0 aliphatic carbocycles. The molecule has 1 atom stereocenters. The van der Waals surface area contributed by atoms with Crippen LogP contribution in [0.25, 0.3) is 0 Å². The fourth-order valence-electron chi connectivity index (χ4n) is 1.77. The van der Waals surface area contributed by atoms with Crippen molar-refractivity contribution in [2.45, 2.75) is 17.6 Å². The molecule has 0 saturated carbocycles. The zero-order valence-electron chi connectivity index (χ0n) is 9.09. The third kappa shape index (κ3) is 2.03. The third-order valence-corrected chi connectivity index (χ3v) is 3.75. The number of H-pyrrole nitrogens is 1. The summed E-state index contributed by atoms with van der Waals surface area (Å²) in [6.07, 6.45) is 1.57. The summed E-state index contributed by atoms with van der Waals surface area (Å²) in [5.41, 5.74) is 0.715. The molecule has 0 amide bonds. The van der Waals surface area contributed by atoms with Crippen molar-refractivity contribution in [3.8, 4) is 5.75 Å². The highest BCUT2D eigenvalue weighted by Crippen LogP contribution is 2.39. The molecule has 1 aliphatic rings. The summed E-state index contributed by atoms with van der Waals surface area (Å²) < 4.78 is 5.88. The van der Waals surface area contributed by atoms with Crippen molar-refractivity contribution < 1.29 is 9.84 Å². The number of imidazole rings is 1. The summed E-state index contributed by atoms with van der Waals surface area (Å²) in [6, 6.07) is 7.98. The molecule has 0 saturated heterocycles. The molecular formula is C12H12N2O2S. The molecule has 2 aromatic rings. The van der Waals surface area contributed by atoms with E-state index in [-0.39, 0.29) is 12.7 Å². The molecule has 5 heteroatoms. The van der Waals surface area contributed by atoms with Crippen LogP contribution in [-0.4, -0.2) is 20.8 Å². The van der Waals surface area contributed by atoms with Crippen LogP contribution in [0.5, 0.6) is 5.75 Å². The van der Waals surface area contributed by atoms with Gasteiger partial charge in [0.05, 0.1) is 18.5 Å². The molecule has 2 N–H and O–H groups in total. The zero-order valence-corrected chi connectivity index (χ0v) is 9.91. The maximum absolute atomic E-state index is 8.99. The monoisotopic (exact) mass is 248 g/mol. The highest BCUT2D eigenvalue weighted by molar-refractivity contribution is 7.99. The van der Waals surface area contributed by atoms with Crippen LogP contribution in [0.1, 0.15) is 17.6 Å². The Kier molecular flexibility index (Phi) is 2.78. The van der Waals surface area contributed by atoms with E-state index in [0.717, 1.165) is 22.2 Å². The summed E-state index contributed by atoms with van der Waals surface area (Å²) in [5.74, 6) is 2.50. The predicted molar refractivity (Wildman–Crippen MR) is 65.0 cm³/mol. The second kappa shape index (κ2) is 4.43. The molecule has 0 radical (unpaired) electrons. The van der Waals surface area contributed by atoms with Crippen LogP contribution in [0.2, 0.25) is 0 Å². The molecule has 1 aromatic carbocycles. The number of benzene rings is 1. The van der Waals surface area contributed by atoms with E-state index in [9.17, 15) is 0 Å². The van der Waals surface area contributed by atoms with Crippen molar-refractivity contribution in [1.29, 1.82) is 0 Å². The SMILES string of the molecule is OCc1cnc(C2CSc3ccccc3O2)[nH]1. The second-order valence-electron chi connectivity index (χ2n) is 3.82. The molecule has 2 heterocycles. The quantitative estimate of drug-likeness (QED) is 0.854. The number of aliphatic hydroxyl groups excluding tert-OH is 1. The first-order valence-electron chi connectivity index (χ1n) is 5.40. The molecule has 4 nitrogen and oxygen atoms in total. The van der Waals surface area contributed by atoms with E-state index in [1.165, 1.54) is 0 Å². The Morgan fingerprint density at radius 1 is 1.47 bits per heavy atom. The number of hydrogen-bond acceptors (Lipinski definition) is 4. The Hall–Kier alpha value is -1.46. The number of aromatic nitrogens is 2. The lowest BCUT2D eigenvalue weighted by molar-refractivity contribution is 0.210. The van der Waals surface area contributed by atoms with Gasteiger partial charge < -0.3 is 14.8 Å². The third-order valence-electron chi connectivity index (χ3n) is 2.63. The highest BCUT2D eigenvalue weighted by Gasteiger charge is 2.23. The van der Waals surface area contributed by atoms with Gasteiger partial charge in [-0.3, -0.25) is 0 Å². The van der Waals surface area contributed by atoms with Crippen molar-refractivity contribution in [2.24, 2.45) is 0 Å². The molecule has 3 rings (SSSR count). The van der Waals surface area contributed by atoms with Gasteiger partial charge in [0.25, 0.3) is 0 Å². The van der Waals surface area contributed by atoms with Crippen LogP contribution in [0.3, 0.4) is 0 Å². The average molecular weight is 248 g/mol. The van der Waals surface area contributed by atoms with Crippen molar-refractivity contribution in [3.63, 3.8) is 0 Å². The smallest absolute Gasteiger partial charge is 0.165 e. The molecule has 0 spiro atoms. The van der Waals surface area contributed by atoms with Gasteiger partial charge in [-0.05, 0) is 12.1 Å². The summed E-state index contributed by atoms with van der Waals surface area (Å²) in [4.78, 5) is 8.46. The first-order valence-corrected chi connectivity index (χ1v) is 6.38. The summed E-state index contributed by atoms with van der Waals surface area (Å²) in [7, 11) is 0. The lowest BCUT2D eigenvalue weighted by Gasteiger charge is -2.23. The fourth-order valence-corrected chi connectivity index (χ4v) is 2.76. The number of nitrogens with zero attached hydrogens (tertiary/aromatic N) is 1. The number of aliphatic hydroxyl groups is 1. The van der Waals surface area contributed by atoms with Gasteiger partial charge >= 0.3 is 0 Å². The lowest BCUT2D eigenvalue weighted by Crippen LogP contribution is -2.16. The van der Waals surface area contributed by atoms with Gasteiger partial charge in [-0.25, -0.2) is 4.98 Å². The Balaban J connectivity index is 1.84. The van der Waals surface area contributed by atoms with Gasteiger partial charge in [0.2, 0.25) is 0 Å². The maximum Gasteiger partial charge on any atom is 0.165 e. The van der Waals surface area contributed by atoms with Crippen molar-refractivity contribution >= 4 is 11.8 Å². The lowest BCUT2D eigenvalue weighted by atomic mass is 10.3. The second-order valence-corrected chi connectivity index (χ2v) is 4.88. The molecule has 88 valence electrons. The minimum atomic E-state index is -0.0739. The minimum Gasteiger partial charge on any atom is -0.480 e. The Morgan fingerprint density at radius 2 is 2.35 bits per heavy atom. The van der Waals surface area contributed by atoms with Gasteiger partial charge in [0.1, 0.15) is 11.6 Å². The van der Waals surface area contributed by atoms with Crippen LogP contribution in [0.4, 0.5) is 0 Å². The van der Waals surface area contributed by atoms with Crippen LogP contribution in [0, 0.1) is 0 Å².